The quantitative estimate of drug-likeness (QED) is 0.134. The van der Waals surface area contributed by atoms with Crippen LogP contribution in [0.1, 0.15) is 0 Å². The van der Waals surface area contributed by atoms with E-state index in [1.165, 1.54) is 65.2 Å². The Bertz CT molecular complexity index is 3860. The third kappa shape index (κ3) is 5.94. The molecule has 14 rings (SSSR count). The molecule has 0 spiro atoms. The van der Waals surface area contributed by atoms with Crippen LogP contribution in [0.2, 0.25) is 0 Å². The summed E-state index contributed by atoms with van der Waals surface area (Å²) in [7, 11) is 0. The molecule has 318 valence electrons. The maximum Gasteiger partial charge on any atom is 0.0568 e. The van der Waals surface area contributed by atoms with Gasteiger partial charge in [-0.15, -0.1) is 0 Å². The maximum atomic E-state index is 2.43. The van der Waals surface area contributed by atoms with Crippen molar-refractivity contribution < 1.29 is 0 Å². The molecule has 0 radical (unpaired) electrons. The molecule has 0 atom stereocenters. The second-order valence-corrected chi connectivity index (χ2v) is 17.8. The van der Waals surface area contributed by atoms with E-state index in [0.717, 1.165) is 56.6 Å². The summed E-state index contributed by atoms with van der Waals surface area (Å²) in [4.78, 5) is 4.81. The monoisotopic (exact) mass is 866 g/mol. The summed E-state index contributed by atoms with van der Waals surface area (Å²) in [6.07, 6.45) is 0. The Morgan fingerprint density at radius 1 is 0.221 bits per heavy atom. The molecule has 4 nitrogen and oxygen atoms in total. The molecule has 0 bridgehead atoms. The van der Waals surface area contributed by atoms with E-state index in [1.54, 1.807) is 0 Å². The van der Waals surface area contributed by atoms with Crippen LogP contribution in [0.15, 0.2) is 255 Å². The van der Waals surface area contributed by atoms with Crippen molar-refractivity contribution in [2.75, 3.05) is 9.80 Å². The van der Waals surface area contributed by atoms with E-state index in [0.29, 0.717) is 0 Å². The highest BCUT2D eigenvalue weighted by atomic mass is 15.2. The molecule has 68 heavy (non-hydrogen) atoms. The van der Waals surface area contributed by atoms with Gasteiger partial charge in [-0.25, -0.2) is 0 Å². The minimum absolute atomic E-state index is 1.08. The van der Waals surface area contributed by atoms with Gasteiger partial charge in [0.25, 0.3) is 0 Å². The molecule has 0 amide bonds. The number of nitrogens with zero attached hydrogens (tertiary/aromatic N) is 4. The number of anilines is 6. The number of hydrogen-bond donors (Lipinski definition) is 0. The zero-order valence-electron chi connectivity index (χ0n) is 37.0. The standard InChI is InChI=1S/C64H42N4/c1-5-21-49(22-6-1)65(55-39-47-35-33-43-17-15-31-57-61(43)63(47)59(41-55)67(57)51-25-9-3-10-26-51)53-29-13-19-45(37-53)46-20-14-30-54(38-46)66(50-23-7-2-8-24-50)56-40-48-36-34-44-18-16-32-58-62(44)64(48)60(42-56)68(58)52-27-11-4-12-28-52/h1-42H. The van der Waals surface area contributed by atoms with Crippen molar-refractivity contribution in [1.29, 1.82) is 0 Å². The molecule has 14 aromatic rings. The summed E-state index contributed by atoms with van der Waals surface area (Å²) in [5, 5.41) is 10.1. The Morgan fingerprint density at radius 3 is 1.00 bits per heavy atom. The summed E-state index contributed by atoms with van der Waals surface area (Å²) in [6, 6.07) is 93.0. The summed E-state index contributed by atoms with van der Waals surface area (Å²) >= 11 is 0. The molecule has 4 heteroatoms. The zero-order chi connectivity index (χ0) is 44.7. The lowest BCUT2D eigenvalue weighted by Crippen LogP contribution is -2.11. The van der Waals surface area contributed by atoms with Gasteiger partial charge in [-0.2, -0.15) is 0 Å². The van der Waals surface area contributed by atoms with Crippen LogP contribution in [0.5, 0.6) is 0 Å². The molecule has 2 heterocycles. The smallest absolute Gasteiger partial charge is 0.0568 e. The van der Waals surface area contributed by atoms with E-state index in [4.69, 9.17) is 0 Å². The average molecular weight is 867 g/mol. The number of benzene rings is 12. The summed E-state index contributed by atoms with van der Waals surface area (Å²) < 4.78 is 4.86. The third-order valence-corrected chi connectivity index (χ3v) is 13.9. The molecule has 0 aliphatic carbocycles. The lowest BCUT2D eigenvalue weighted by molar-refractivity contribution is 1.18. The van der Waals surface area contributed by atoms with Gasteiger partial charge in [0.05, 0.1) is 22.1 Å². The highest BCUT2D eigenvalue weighted by Crippen LogP contribution is 2.47. The van der Waals surface area contributed by atoms with Crippen LogP contribution in [0.3, 0.4) is 0 Å². The highest BCUT2D eigenvalue weighted by molar-refractivity contribution is 6.26. The first kappa shape index (κ1) is 38.2. The first-order valence-electron chi connectivity index (χ1n) is 23.3. The Balaban J connectivity index is 0.929. The van der Waals surface area contributed by atoms with Crippen LogP contribution in [0, 0.1) is 0 Å². The van der Waals surface area contributed by atoms with Crippen LogP contribution in [0.4, 0.5) is 34.1 Å². The van der Waals surface area contributed by atoms with Gasteiger partial charge in [0.15, 0.2) is 0 Å². The van der Waals surface area contributed by atoms with Crippen molar-refractivity contribution in [2.24, 2.45) is 0 Å². The molecule has 0 fully saturated rings. The van der Waals surface area contributed by atoms with Gasteiger partial charge in [0, 0.05) is 67.0 Å². The topological polar surface area (TPSA) is 16.3 Å². The Kier molecular flexibility index (Phi) is 8.55. The fourth-order valence-electron chi connectivity index (χ4n) is 11.0. The van der Waals surface area contributed by atoms with E-state index in [-0.39, 0.29) is 0 Å². The molecule has 0 aliphatic rings. The second-order valence-electron chi connectivity index (χ2n) is 17.8. The maximum absolute atomic E-state index is 2.43. The van der Waals surface area contributed by atoms with Gasteiger partial charge in [0.2, 0.25) is 0 Å². The minimum Gasteiger partial charge on any atom is -0.310 e. The third-order valence-electron chi connectivity index (χ3n) is 13.9. The van der Waals surface area contributed by atoms with Crippen LogP contribution >= 0.6 is 0 Å². The van der Waals surface area contributed by atoms with Crippen molar-refractivity contribution >= 4 is 99.3 Å². The van der Waals surface area contributed by atoms with Crippen LogP contribution in [0.25, 0.3) is 87.7 Å². The fraction of sp³-hybridized carbons (Fsp3) is 0. The van der Waals surface area contributed by atoms with Crippen LogP contribution in [-0.2, 0) is 0 Å². The van der Waals surface area contributed by atoms with Crippen molar-refractivity contribution in [3.05, 3.63) is 255 Å². The van der Waals surface area contributed by atoms with Gasteiger partial charge >= 0.3 is 0 Å². The molecule has 2 aromatic heterocycles. The van der Waals surface area contributed by atoms with Gasteiger partial charge in [-0.05, 0) is 142 Å². The van der Waals surface area contributed by atoms with Gasteiger partial charge in [0.1, 0.15) is 0 Å². The number of aromatic nitrogens is 2. The molecule has 0 N–H and O–H groups in total. The van der Waals surface area contributed by atoms with E-state index in [1.807, 2.05) is 0 Å². The summed E-state index contributed by atoms with van der Waals surface area (Å²) in [6.45, 7) is 0. The average Bonchev–Trinajstić information content (AvgIpc) is 3.93. The van der Waals surface area contributed by atoms with Crippen molar-refractivity contribution in [3.8, 4) is 22.5 Å². The molecule has 0 saturated carbocycles. The SMILES string of the molecule is c1ccc(N(c2cccc(-c3cccc(N(c4ccccc4)c4cc5ccc6cccc7c6c5c(c4)n7-c4ccccc4)c3)c2)c2cc3ccc4cccc5c4c3c(c2)n5-c2ccccc2)cc1. The number of para-hydroxylation sites is 4. The first-order valence-corrected chi connectivity index (χ1v) is 23.3. The largest absolute Gasteiger partial charge is 0.310 e. The predicted octanol–water partition coefficient (Wildman–Crippen LogP) is 17.7. The zero-order valence-corrected chi connectivity index (χ0v) is 37.0. The van der Waals surface area contributed by atoms with E-state index >= 15 is 0 Å². The molecular formula is C64H42N4. The molecule has 0 saturated heterocycles. The molecular weight excluding hydrogens is 825 g/mol. The Hall–Kier alpha value is -9.12. The molecule has 0 aliphatic heterocycles. The first-order chi connectivity index (χ1) is 33.7. The van der Waals surface area contributed by atoms with Gasteiger partial charge in [-0.1, -0.05) is 146 Å². The minimum atomic E-state index is 1.08. The Morgan fingerprint density at radius 2 is 0.574 bits per heavy atom. The van der Waals surface area contributed by atoms with Gasteiger partial charge in [-0.3, -0.25) is 0 Å². The van der Waals surface area contributed by atoms with E-state index < -0.39 is 0 Å². The van der Waals surface area contributed by atoms with Crippen molar-refractivity contribution in [3.63, 3.8) is 0 Å². The summed E-state index contributed by atoms with van der Waals surface area (Å²) in [5.74, 6) is 0. The van der Waals surface area contributed by atoms with E-state index in [9.17, 15) is 0 Å². The van der Waals surface area contributed by atoms with Gasteiger partial charge < -0.3 is 18.9 Å². The highest BCUT2D eigenvalue weighted by Gasteiger charge is 2.23. The Labute approximate surface area is 393 Å². The second kappa shape index (κ2) is 15.2. The molecule has 12 aromatic carbocycles. The van der Waals surface area contributed by atoms with E-state index in [2.05, 4.69) is 274 Å². The van der Waals surface area contributed by atoms with Crippen molar-refractivity contribution in [2.45, 2.75) is 0 Å². The van der Waals surface area contributed by atoms with Crippen LogP contribution < -0.4 is 9.80 Å². The number of rotatable bonds is 9. The lowest BCUT2D eigenvalue weighted by atomic mass is 10.00. The summed E-state index contributed by atoms with van der Waals surface area (Å²) in [5.41, 5.74) is 15.9. The fourth-order valence-corrected chi connectivity index (χ4v) is 11.0. The molecule has 0 unspecified atom stereocenters. The normalized spacial score (nSPS) is 11.8. The number of hydrogen-bond acceptors (Lipinski definition) is 2. The van der Waals surface area contributed by atoms with Crippen molar-refractivity contribution in [1.82, 2.24) is 9.13 Å². The lowest BCUT2D eigenvalue weighted by Gasteiger charge is -2.27. The van der Waals surface area contributed by atoms with Crippen LogP contribution in [-0.4, -0.2) is 9.13 Å². The predicted molar refractivity (Wildman–Crippen MR) is 287 cm³/mol.